The van der Waals surface area contributed by atoms with Crippen LogP contribution in [0.4, 0.5) is 8.78 Å². The van der Waals surface area contributed by atoms with E-state index in [0.717, 1.165) is 23.9 Å². The summed E-state index contributed by atoms with van der Waals surface area (Å²) < 4.78 is 33.8. The van der Waals surface area contributed by atoms with Gasteiger partial charge in [-0.05, 0) is 62.3 Å². The van der Waals surface area contributed by atoms with E-state index in [1.807, 2.05) is 15.3 Å². The molecule has 0 aliphatic heterocycles. The molecule has 10 heteroatoms. The van der Waals surface area contributed by atoms with Gasteiger partial charge in [0.25, 0.3) is 0 Å². The van der Waals surface area contributed by atoms with Crippen LogP contribution in [-0.4, -0.2) is 37.0 Å². The van der Waals surface area contributed by atoms with Crippen LogP contribution in [0.2, 0.25) is 0 Å². The van der Waals surface area contributed by atoms with Crippen molar-refractivity contribution in [3.8, 4) is 17.1 Å². The summed E-state index contributed by atoms with van der Waals surface area (Å²) in [6, 6.07) is 9.00. The van der Waals surface area contributed by atoms with Gasteiger partial charge in [-0.1, -0.05) is 0 Å². The number of aromatic nitrogens is 5. The van der Waals surface area contributed by atoms with E-state index in [1.54, 1.807) is 18.3 Å². The Balaban J connectivity index is 1.75. The lowest BCUT2D eigenvalue weighted by Crippen LogP contribution is -2.15. The van der Waals surface area contributed by atoms with Crippen molar-refractivity contribution in [2.45, 2.75) is 25.9 Å². The van der Waals surface area contributed by atoms with Gasteiger partial charge in [0.15, 0.2) is 5.82 Å². The van der Waals surface area contributed by atoms with Crippen molar-refractivity contribution in [1.29, 1.82) is 0 Å². The molecule has 3 aromatic heterocycles. The van der Waals surface area contributed by atoms with Gasteiger partial charge in [-0.2, -0.15) is 5.10 Å². The Morgan fingerprint density at radius 1 is 0.853 bits per heavy atom. The molecule has 0 saturated heterocycles. The van der Waals surface area contributed by atoms with Crippen LogP contribution >= 0.6 is 0 Å². The highest BCUT2D eigenvalue weighted by Crippen LogP contribution is 2.33. The molecule has 0 aliphatic rings. The Kier molecular flexibility index (Phi) is 5.76. The second kappa shape index (κ2) is 8.88. The summed E-state index contributed by atoms with van der Waals surface area (Å²) in [5, 5.41) is 7.98. The third-order valence-corrected chi connectivity index (χ3v) is 6.03. The number of aromatic amines is 1. The van der Waals surface area contributed by atoms with Gasteiger partial charge in [0.2, 0.25) is 0 Å². The number of aryl methyl sites for hydroxylation is 2. The van der Waals surface area contributed by atoms with Crippen molar-refractivity contribution < 1.29 is 8.78 Å². The molecule has 176 valence electrons. The van der Waals surface area contributed by atoms with Crippen molar-refractivity contribution in [3.05, 3.63) is 70.9 Å². The molecule has 0 atom stereocenters. The normalized spacial score (nSPS) is 11.8. The zero-order valence-electron chi connectivity index (χ0n) is 18.5. The summed E-state index contributed by atoms with van der Waals surface area (Å²) in [7, 11) is 0. The van der Waals surface area contributed by atoms with E-state index in [0.29, 0.717) is 54.0 Å². The molecule has 0 unspecified atom stereocenters. The number of fused-ring (bicyclic) bond motifs is 2. The Morgan fingerprint density at radius 2 is 1.44 bits per heavy atom. The van der Waals surface area contributed by atoms with Crippen LogP contribution < -0.4 is 17.2 Å². The molecule has 0 amide bonds. The Morgan fingerprint density at radius 3 is 2.09 bits per heavy atom. The number of rotatable bonds is 8. The zero-order valence-corrected chi connectivity index (χ0v) is 18.5. The fourth-order valence-electron chi connectivity index (χ4n) is 4.47. The summed E-state index contributed by atoms with van der Waals surface area (Å²) in [6.45, 7) is 2.26. The first kappa shape index (κ1) is 22.1. The molecule has 0 spiro atoms. The number of benzene rings is 2. The maximum Gasteiger partial charge on any atom is 0.348 e. The van der Waals surface area contributed by atoms with Crippen LogP contribution in [-0.2, 0) is 13.1 Å². The lowest BCUT2D eigenvalue weighted by molar-refractivity contribution is 0.628. The third-order valence-electron chi connectivity index (χ3n) is 6.03. The number of nitrogens with two attached hydrogens (primary N) is 2. The molecular formula is C24H25F2N7O. The largest absolute Gasteiger partial charge is 0.348 e. The zero-order chi connectivity index (χ0) is 23.8. The van der Waals surface area contributed by atoms with Crippen LogP contribution in [0, 0.1) is 11.6 Å². The molecule has 0 fully saturated rings. The molecule has 0 bridgehead atoms. The number of H-pyrrole nitrogens is 1. The molecule has 0 saturated carbocycles. The highest BCUT2D eigenvalue weighted by Gasteiger charge is 2.22. The standard InChI is InChI=1S/C24H25F2N7O/c25-15-3-5-20-17(11-15)19(13-31(20)9-1-7-27)23-29-30-24(34)33(23)22-14-32(10-2-8-28)21-6-4-16(26)12-18(21)22/h3-6,11-14H,1-2,7-10,27-28H2,(H,30,34). The molecule has 0 radical (unpaired) electrons. The summed E-state index contributed by atoms with van der Waals surface area (Å²) in [4.78, 5) is 13.0. The lowest BCUT2D eigenvalue weighted by Gasteiger charge is -2.04. The van der Waals surface area contributed by atoms with E-state index in [1.165, 1.54) is 28.8 Å². The van der Waals surface area contributed by atoms with Gasteiger partial charge < -0.3 is 20.6 Å². The van der Waals surface area contributed by atoms with Gasteiger partial charge in [-0.25, -0.2) is 23.2 Å². The molecule has 34 heavy (non-hydrogen) atoms. The summed E-state index contributed by atoms with van der Waals surface area (Å²) in [6.07, 6.45) is 5.11. The average molecular weight is 466 g/mol. The number of nitrogens with one attached hydrogen (secondary N) is 1. The average Bonchev–Trinajstić information content (AvgIpc) is 3.48. The first-order chi connectivity index (χ1) is 16.5. The van der Waals surface area contributed by atoms with E-state index in [9.17, 15) is 13.6 Å². The summed E-state index contributed by atoms with van der Waals surface area (Å²) in [5.41, 5.74) is 13.6. The van der Waals surface area contributed by atoms with E-state index >= 15 is 0 Å². The van der Waals surface area contributed by atoms with Gasteiger partial charge in [0, 0.05) is 47.3 Å². The molecule has 5 rings (SSSR count). The molecule has 8 nitrogen and oxygen atoms in total. The van der Waals surface area contributed by atoms with Crippen molar-refractivity contribution in [1.82, 2.24) is 23.9 Å². The van der Waals surface area contributed by atoms with Crippen molar-refractivity contribution >= 4 is 21.8 Å². The van der Waals surface area contributed by atoms with Crippen molar-refractivity contribution in [2.75, 3.05) is 13.1 Å². The number of nitrogens with zero attached hydrogens (tertiary/aromatic N) is 4. The Hall–Kier alpha value is -3.76. The Labute approximate surface area is 193 Å². The molecule has 0 aliphatic carbocycles. The minimum atomic E-state index is -0.476. The predicted octanol–water partition coefficient (Wildman–Crippen LogP) is 3.11. The van der Waals surface area contributed by atoms with Gasteiger partial charge in [0.1, 0.15) is 11.6 Å². The second-order valence-corrected chi connectivity index (χ2v) is 8.24. The molecule has 2 aromatic carbocycles. The van der Waals surface area contributed by atoms with Crippen molar-refractivity contribution in [2.24, 2.45) is 11.5 Å². The second-order valence-electron chi connectivity index (χ2n) is 8.24. The summed E-state index contributed by atoms with van der Waals surface area (Å²) in [5.74, 6) is -0.492. The van der Waals surface area contributed by atoms with Crippen LogP contribution in [0.5, 0.6) is 0 Å². The molecule has 5 N–H and O–H groups in total. The highest BCUT2D eigenvalue weighted by molar-refractivity contribution is 5.96. The van der Waals surface area contributed by atoms with Gasteiger partial charge in [-0.15, -0.1) is 0 Å². The minimum absolute atomic E-state index is 0.314. The maximum absolute atomic E-state index is 14.2. The maximum atomic E-state index is 14.2. The summed E-state index contributed by atoms with van der Waals surface area (Å²) >= 11 is 0. The molecular weight excluding hydrogens is 440 g/mol. The molecule has 5 aromatic rings. The van der Waals surface area contributed by atoms with Crippen LogP contribution in [0.15, 0.2) is 53.6 Å². The van der Waals surface area contributed by atoms with Gasteiger partial charge in [-0.3, -0.25) is 0 Å². The SMILES string of the molecule is NCCCn1cc(-c2n[nH]c(=O)n2-c2cn(CCCN)c3ccc(F)cc23)c2cc(F)ccc21. The molecule has 3 heterocycles. The quantitative estimate of drug-likeness (QED) is 0.327. The highest BCUT2D eigenvalue weighted by atomic mass is 19.1. The van der Waals surface area contributed by atoms with Gasteiger partial charge >= 0.3 is 5.69 Å². The number of hydrogen-bond acceptors (Lipinski definition) is 4. The van der Waals surface area contributed by atoms with E-state index in [4.69, 9.17) is 11.5 Å². The van der Waals surface area contributed by atoms with E-state index in [2.05, 4.69) is 10.2 Å². The van der Waals surface area contributed by atoms with Crippen LogP contribution in [0.1, 0.15) is 12.8 Å². The number of hydrogen-bond donors (Lipinski definition) is 3. The smallest absolute Gasteiger partial charge is 0.347 e. The fourth-order valence-corrected chi connectivity index (χ4v) is 4.47. The van der Waals surface area contributed by atoms with Gasteiger partial charge in [0.05, 0.1) is 11.2 Å². The minimum Gasteiger partial charge on any atom is -0.347 e. The Bertz CT molecular complexity index is 1540. The van der Waals surface area contributed by atoms with E-state index in [-0.39, 0.29) is 0 Å². The monoisotopic (exact) mass is 465 g/mol. The van der Waals surface area contributed by atoms with Crippen molar-refractivity contribution in [3.63, 3.8) is 0 Å². The third kappa shape index (κ3) is 3.70. The van der Waals surface area contributed by atoms with Crippen LogP contribution in [0.3, 0.4) is 0 Å². The predicted molar refractivity (Wildman–Crippen MR) is 128 cm³/mol. The van der Waals surface area contributed by atoms with E-state index < -0.39 is 17.3 Å². The number of halogens is 2. The topological polar surface area (TPSA) is 113 Å². The van der Waals surface area contributed by atoms with Crippen LogP contribution in [0.25, 0.3) is 38.9 Å². The fraction of sp³-hybridized carbons (Fsp3) is 0.250. The first-order valence-electron chi connectivity index (χ1n) is 11.2. The first-order valence-corrected chi connectivity index (χ1v) is 11.2. The lowest BCUT2D eigenvalue weighted by atomic mass is 10.1.